The number of hydrogen-bond acceptors (Lipinski definition) is 8. The van der Waals surface area contributed by atoms with Crippen molar-refractivity contribution in [3.05, 3.63) is 22.1 Å². The number of hydrogen-bond donors (Lipinski definition) is 1. The smallest absolute Gasteiger partial charge is 0.328 e. The van der Waals surface area contributed by atoms with E-state index in [2.05, 4.69) is 14.7 Å². The lowest BCUT2D eigenvalue weighted by Gasteiger charge is -2.33. The van der Waals surface area contributed by atoms with Gasteiger partial charge in [-0.25, -0.2) is 9.78 Å². The second kappa shape index (κ2) is 10.1. The fourth-order valence-corrected chi connectivity index (χ4v) is 3.57. The summed E-state index contributed by atoms with van der Waals surface area (Å²) < 4.78 is 9.62. The fraction of sp³-hybridized carbons (Fsp3) is 0.588. The van der Waals surface area contributed by atoms with E-state index in [0.29, 0.717) is 13.0 Å². The van der Waals surface area contributed by atoms with Crippen molar-refractivity contribution < 1.29 is 23.9 Å². The minimum absolute atomic E-state index is 0.0144. The first-order chi connectivity index (χ1) is 12.9. The predicted octanol–water partition coefficient (Wildman–Crippen LogP) is 0.522. The van der Waals surface area contributed by atoms with Crippen molar-refractivity contribution in [2.75, 3.05) is 26.0 Å². The molecule has 1 amide bonds. The number of likely N-dealkylation sites (tertiary alicyclic amines) is 1. The van der Waals surface area contributed by atoms with Crippen LogP contribution in [0.15, 0.2) is 16.0 Å². The van der Waals surface area contributed by atoms with Crippen LogP contribution in [0, 0.1) is 0 Å². The molecule has 1 aliphatic heterocycles. The van der Waals surface area contributed by atoms with Gasteiger partial charge in [0.25, 0.3) is 5.56 Å². The largest absolute Gasteiger partial charge is 0.469 e. The number of amides is 1. The van der Waals surface area contributed by atoms with Crippen molar-refractivity contribution >= 4 is 29.6 Å². The number of methoxy groups -OCH3 is 1. The molecule has 1 fully saturated rings. The van der Waals surface area contributed by atoms with E-state index in [-0.39, 0.29) is 41.5 Å². The molecule has 27 heavy (non-hydrogen) atoms. The van der Waals surface area contributed by atoms with E-state index in [9.17, 15) is 19.2 Å². The molecule has 148 valence electrons. The average Bonchev–Trinajstić information content (AvgIpc) is 2.65. The third kappa shape index (κ3) is 6.09. The highest BCUT2D eigenvalue weighted by Gasteiger charge is 2.33. The molecule has 0 aromatic carbocycles. The maximum atomic E-state index is 12.6. The van der Waals surface area contributed by atoms with Crippen molar-refractivity contribution in [3.63, 3.8) is 0 Å². The number of nitrogens with one attached hydrogen (secondary N) is 1. The molecule has 1 atom stereocenters. The van der Waals surface area contributed by atoms with Gasteiger partial charge in [0.05, 0.1) is 31.6 Å². The molecule has 1 aromatic heterocycles. The van der Waals surface area contributed by atoms with Crippen molar-refractivity contribution in [2.24, 2.45) is 0 Å². The summed E-state index contributed by atoms with van der Waals surface area (Å²) >= 11 is 1.05. The molecule has 9 nitrogen and oxygen atoms in total. The van der Waals surface area contributed by atoms with Gasteiger partial charge in [0.15, 0.2) is 5.16 Å². The highest BCUT2D eigenvalue weighted by Crippen LogP contribution is 2.21. The molecule has 1 N–H and O–H groups in total. The Balaban J connectivity index is 2.02. The summed E-state index contributed by atoms with van der Waals surface area (Å²) in [6.07, 6.45) is 2.15. The number of esters is 2. The van der Waals surface area contributed by atoms with Gasteiger partial charge in [-0.05, 0) is 26.2 Å². The van der Waals surface area contributed by atoms with Gasteiger partial charge in [-0.15, -0.1) is 0 Å². The number of carbonyl (C=O) groups is 3. The zero-order chi connectivity index (χ0) is 19.8. The molecule has 1 aliphatic rings. The maximum absolute atomic E-state index is 12.6. The van der Waals surface area contributed by atoms with Crippen LogP contribution in [-0.4, -0.2) is 64.8 Å². The average molecular weight is 397 g/mol. The normalized spacial score (nSPS) is 16.7. The molecule has 0 saturated carbocycles. The molecule has 10 heteroatoms. The van der Waals surface area contributed by atoms with Crippen LogP contribution in [0.2, 0.25) is 0 Å². The minimum atomic E-state index is -0.565. The van der Waals surface area contributed by atoms with Crippen LogP contribution in [0.1, 0.15) is 31.9 Å². The molecule has 1 aromatic rings. The lowest BCUT2D eigenvalue weighted by atomic mass is 10.0. The molecule has 2 rings (SSSR count). The molecule has 0 unspecified atom stereocenters. The standard InChI is InChI=1S/C17H23N3O6S/c1-3-26-16(24)12-6-4-5-7-20(12)14(22)10-27-17-18-11(8-13(21)19-17)9-15(23)25-2/h8,12H,3-7,9-10H2,1-2H3,(H,18,19,21)/t12-/m1/s1. The quantitative estimate of drug-likeness (QED) is 0.402. The number of H-pyrrole nitrogens is 1. The number of aromatic nitrogens is 2. The number of nitrogens with zero attached hydrogens (tertiary/aromatic N) is 2. The van der Waals surface area contributed by atoms with Gasteiger partial charge in [-0.2, -0.15) is 0 Å². The van der Waals surface area contributed by atoms with E-state index in [1.54, 1.807) is 6.92 Å². The minimum Gasteiger partial charge on any atom is -0.469 e. The van der Waals surface area contributed by atoms with Crippen LogP contribution < -0.4 is 5.56 Å². The highest BCUT2D eigenvalue weighted by atomic mass is 32.2. The van der Waals surface area contributed by atoms with E-state index in [1.807, 2.05) is 0 Å². The maximum Gasteiger partial charge on any atom is 0.328 e. The van der Waals surface area contributed by atoms with Crippen molar-refractivity contribution in [2.45, 2.75) is 43.8 Å². The molecule has 0 radical (unpaired) electrons. The van der Waals surface area contributed by atoms with Gasteiger partial charge in [0.2, 0.25) is 5.91 Å². The van der Waals surface area contributed by atoms with Crippen molar-refractivity contribution in [1.82, 2.24) is 14.9 Å². The fourth-order valence-electron chi connectivity index (χ4n) is 2.79. The SMILES string of the molecule is CCOC(=O)[C@H]1CCCCN1C(=O)CSc1nc(CC(=O)OC)cc(=O)[nH]1. The van der Waals surface area contributed by atoms with E-state index in [4.69, 9.17) is 4.74 Å². The van der Waals surface area contributed by atoms with Crippen LogP contribution in [-0.2, 0) is 30.3 Å². The number of aromatic amines is 1. The van der Waals surface area contributed by atoms with E-state index < -0.39 is 17.6 Å². The zero-order valence-electron chi connectivity index (χ0n) is 15.4. The Hall–Kier alpha value is -2.36. The Kier molecular flexibility index (Phi) is 7.83. The third-order valence-electron chi connectivity index (χ3n) is 4.04. The van der Waals surface area contributed by atoms with Gasteiger partial charge >= 0.3 is 11.9 Å². The third-order valence-corrected chi connectivity index (χ3v) is 4.90. The summed E-state index contributed by atoms with van der Waals surface area (Å²) in [5, 5.41) is 0.236. The molecule has 0 aliphatic carbocycles. The van der Waals surface area contributed by atoms with Crippen LogP contribution in [0.25, 0.3) is 0 Å². The molecule has 1 saturated heterocycles. The van der Waals surface area contributed by atoms with Crippen LogP contribution in [0.5, 0.6) is 0 Å². The molecular weight excluding hydrogens is 374 g/mol. The van der Waals surface area contributed by atoms with Gasteiger partial charge in [0.1, 0.15) is 6.04 Å². The molecule has 0 spiro atoms. The number of carbonyl (C=O) groups excluding carboxylic acids is 3. The summed E-state index contributed by atoms with van der Waals surface area (Å²) in [5.74, 6) is -1.10. The summed E-state index contributed by atoms with van der Waals surface area (Å²) in [6.45, 7) is 2.49. The Labute approximate surface area is 160 Å². The van der Waals surface area contributed by atoms with Crippen LogP contribution >= 0.6 is 11.8 Å². The Morgan fingerprint density at radius 2 is 2.15 bits per heavy atom. The Morgan fingerprint density at radius 1 is 1.37 bits per heavy atom. The lowest BCUT2D eigenvalue weighted by Crippen LogP contribution is -2.49. The number of rotatable bonds is 7. The van der Waals surface area contributed by atoms with Gasteiger partial charge in [-0.3, -0.25) is 14.4 Å². The summed E-state index contributed by atoms with van der Waals surface area (Å²) in [4.78, 5) is 56.0. The zero-order valence-corrected chi connectivity index (χ0v) is 16.2. The van der Waals surface area contributed by atoms with Crippen molar-refractivity contribution in [1.29, 1.82) is 0 Å². The summed E-state index contributed by atoms with van der Waals surface area (Å²) in [7, 11) is 1.25. The van der Waals surface area contributed by atoms with Crippen LogP contribution in [0.4, 0.5) is 0 Å². The summed E-state index contributed by atoms with van der Waals surface area (Å²) in [6, 6.07) is 0.647. The van der Waals surface area contributed by atoms with Gasteiger partial charge < -0.3 is 19.4 Å². The summed E-state index contributed by atoms with van der Waals surface area (Å²) in [5.41, 5.74) is -0.149. The first-order valence-corrected chi connectivity index (χ1v) is 9.69. The molecule has 2 heterocycles. The first-order valence-electron chi connectivity index (χ1n) is 8.70. The van der Waals surface area contributed by atoms with Crippen molar-refractivity contribution in [3.8, 4) is 0 Å². The van der Waals surface area contributed by atoms with E-state index in [0.717, 1.165) is 24.6 Å². The lowest BCUT2D eigenvalue weighted by molar-refractivity contribution is -0.155. The van der Waals surface area contributed by atoms with Gasteiger partial charge in [-0.1, -0.05) is 11.8 Å². The van der Waals surface area contributed by atoms with Crippen LogP contribution in [0.3, 0.4) is 0 Å². The van der Waals surface area contributed by atoms with E-state index in [1.165, 1.54) is 18.1 Å². The molecular formula is C17H23N3O6S. The predicted molar refractivity (Wildman–Crippen MR) is 97.3 cm³/mol. The second-order valence-corrected chi connectivity index (χ2v) is 6.90. The highest BCUT2D eigenvalue weighted by molar-refractivity contribution is 7.99. The van der Waals surface area contributed by atoms with E-state index >= 15 is 0 Å². The topological polar surface area (TPSA) is 119 Å². The Morgan fingerprint density at radius 3 is 2.85 bits per heavy atom. The molecule has 0 bridgehead atoms. The number of piperidine rings is 1. The second-order valence-electron chi connectivity index (χ2n) is 5.93. The number of thioether (sulfide) groups is 1. The first kappa shape index (κ1) is 20.9. The monoisotopic (exact) mass is 397 g/mol. The van der Waals surface area contributed by atoms with Gasteiger partial charge in [0, 0.05) is 12.6 Å². The Bertz CT molecular complexity index is 750. The number of ether oxygens (including phenoxy) is 2.